The second kappa shape index (κ2) is 6.29. The maximum Gasteiger partial charge on any atom is 0.274 e. The standard InChI is InChI=1S/C18H16ClN5O/c1-12-8-13(15-4-2-3-6-20-15)5-7-23(12)18(25)16-9-17-21-10-14(19)11-24(17)22-16/h2-6,9-12H,7-8H2,1H3. The molecule has 0 radical (unpaired) electrons. The maximum atomic E-state index is 12.9. The van der Waals surface area contributed by atoms with Crippen molar-refractivity contribution in [1.29, 1.82) is 0 Å². The Bertz CT molecular complexity index is 966. The first-order chi connectivity index (χ1) is 12.1. The highest BCUT2D eigenvalue weighted by molar-refractivity contribution is 6.30. The Morgan fingerprint density at radius 1 is 1.32 bits per heavy atom. The summed E-state index contributed by atoms with van der Waals surface area (Å²) in [6, 6.07) is 7.61. The van der Waals surface area contributed by atoms with E-state index in [4.69, 9.17) is 11.6 Å². The molecule has 1 amide bonds. The van der Waals surface area contributed by atoms with Crippen LogP contribution in [0.15, 0.2) is 48.9 Å². The number of hydrogen-bond donors (Lipinski definition) is 0. The molecule has 7 heteroatoms. The van der Waals surface area contributed by atoms with Crippen molar-refractivity contribution < 1.29 is 4.79 Å². The van der Waals surface area contributed by atoms with E-state index < -0.39 is 0 Å². The lowest BCUT2D eigenvalue weighted by atomic mass is 9.98. The van der Waals surface area contributed by atoms with Crippen molar-refractivity contribution in [1.82, 2.24) is 24.5 Å². The summed E-state index contributed by atoms with van der Waals surface area (Å²) in [6.45, 7) is 2.58. The smallest absolute Gasteiger partial charge is 0.274 e. The molecule has 0 saturated heterocycles. The van der Waals surface area contributed by atoms with Crippen molar-refractivity contribution in [2.75, 3.05) is 6.54 Å². The van der Waals surface area contributed by atoms with Gasteiger partial charge in [-0.2, -0.15) is 5.10 Å². The number of hydrogen-bond acceptors (Lipinski definition) is 4. The topological polar surface area (TPSA) is 63.4 Å². The fourth-order valence-electron chi connectivity index (χ4n) is 3.05. The predicted octanol–water partition coefficient (Wildman–Crippen LogP) is 3.10. The lowest BCUT2D eigenvalue weighted by Gasteiger charge is -2.32. The molecule has 0 spiro atoms. The lowest BCUT2D eigenvalue weighted by Crippen LogP contribution is -2.41. The molecular weight excluding hydrogens is 338 g/mol. The van der Waals surface area contributed by atoms with E-state index in [1.165, 1.54) is 16.3 Å². The van der Waals surface area contributed by atoms with Crippen molar-refractivity contribution >= 4 is 28.7 Å². The van der Waals surface area contributed by atoms with Gasteiger partial charge in [0.1, 0.15) is 0 Å². The number of fused-ring (bicyclic) bond motifs is 1. The third-order valence-electron chi connectivity index (χ3n) is 4.34. The summed E-state index contributed by atoms with van der Waals surface area (Å²) >= 11 is 5.92. The third kappa shape index (κ3) is 3.00. The van der Waals surface area contributed by atoms with E-state index in [0.29, 0.717) is 22.9 Å². The van der Waals surface area contributed by atoms with Gasteiger partial charge in [0.15, 0.2) is 11.3 Å². The average molecular weight is 354 g/mol. The highest BCUT2D eigenvalue weighted by atomic mass is 35.5. The largest absolute Gasteiger partial charge is 0.330 e. The molecule has 3 aromatic heterocycles. The number of carbonyl (C=O) groups is 1. The van der Waals surface area contributed by atoms with Gasteiger partial charge >= 0.3 is 0 Å². The highest BCUT2D eigenvalue weighted by Gasteiger charge is 2.27. The first-order valence-corrected chi connectivity index (χ1v) is 8.42. The number of amides is 1. The molecule has 0 aliphatic carbocycles. The average Bonchev–Trinajstić information content (AvgIpc) is 3.05. The van der Waals surface area contributed by atoms with Gasteiger partial charge in [0.2, 0.25) is 0 Å². The zero-order valence-corrected chi connectivity index (χ0v) is 14.4. The van der Waals surface area contributed by atoms with Crippen molar-refractivity contribution in [3.8, 4) is 0 Å². The van der Waals surface area contributed by atoms with Gasteiger partial charge in [0, 0.05) is 31.0 Å². The summed E-state index contributed by atoms with van der Waals surface area (Å²) in [4.78, 5) is 23.2. The fraction of sp³-hybridized carbons (Fsp3) is 0.222. The minimum Gasteiger partial charge on any atom is -0.330 e. The SMILES string of the molecule is CC1CC(c2ccccn2)=CCN1C(=O)c1cc2ncc(Cl)cn2n1. The Labute approximate surface area is 149 Å². The number of carbonyl (C=O) groups excluding carboxylic acids is 1. The molecule has 1 aliphatic heterocycles. The number of halogens is 1. The van der Waals surface area contributed by atoms with Gasteiger partial charge < -0.3 is 4.90 Å². The van der Waals surface area contributed by atoms with Crippen molar-refractivity contribution in [3.05, 3.63) is 65.3 Å². The normalized spacial score (nSPS) is 17.6. The molecule has 1 unspecified atom stereocenters. The van der Waals surface area contributed by atoms with E-state index in [9.17, 15) is 4.79 Å². The molecule has 0 aromatic carbocycles. The van der Waals surface area contributed by atoms with Crippen LogP contribution in [-0.4, -0.2) is 43.0 Å². The summed E-state index contributed by atoms with van der Waals surface area (Å²) in [7, 11) is 0. The first-order valence-electron chi connectivity index (χ1n) is 8.04. The number of aromatic nitrogens is 4. The highest BCUT2D eigenvalue weighted by Crippen LogP contribution is 2.26. The van der Waals surface area contributed by atoms with Crippen LogP contribution in [0.5, 0.6) is 0 Å². The summed E-state index contributed by atoms with van der Waals surface area (Å²) in [5.74, 6) is -0.106. The van der Waals surface area contributed by atoms with Gasteiger partial charge in [-0.15, -0.1) is 0 Å². The van der Waals surface area contributed by atoms with Crippen LogP contribution in [0.25, 0.3) is 11.2 Å². The Hall–Kier alpha value is -2.73. The Morgan fingerprint density at radius 3 is 2.96 bits per heavy atom. The van der Waals surface area contributed by atoms with Gasteiger partial charge in [-0.05, 0) is 31.1 Å². The molecule has 4 rings (SSSR count). The van der Waals surface area contributed by atoms with Gasteiger partial charge in [-0.1, -0.05) is 23.7 Å². The molecule has 0 saturated carbocycles. The first kappa shape index (κ1) is 15.8. The Morgan fingerprint density at radius 2 is 2.20 bits per heavy atom. The Balaban J connectivity index is 1.59. The minimum absolute atomic E-state index is 0.0656. The molecule has 1 aliphatic rings. The number of nitrogens with zero attached hydrogens (tertiary/aromatic N) is 5. The molecular formula is C18H16ClN5O. The molecule has 25 heavy (non-hydrogen) atoms. The number of rotatable bonds is 2. The van der Waals surface area contributed by atoms with Crippen molar-refractivity contribution in [3.63, 3.8) is 0 Å². The summed E-state index contributed by atoms with van der Waals surface area (Å²) in [5, 5.41) is 4.78. The molecule has 126 valence electrons. The van der Waals surface area contributed by atoms with E-state index in [1.54, 1.807) is 18.5 Å². The predicted molar refractivity (Wildman–Crippen MR) is 95.3 cm³/mol. The van der Waals surface area contributed by atoms with Crippen LogP contribution in [0.1, 0.15) is 29.5 Å². The fourth-order valence-corrected chi connectivity index (χ4v) is 3.19. The van der Waals surface area contributed by atoms with Crippen LogP contribution in [0.2, 0.25) is 5.02 Å². The van der Waals surface area contributed by atoms with Crippen LogP contribution >= 0.6 is 11.6 Å². The van der Waals surface area contributed by atoms with Crippen LogP contribution < -0.4 is 0 Å². The summed E-state index contributed by atoms with van der Waals surface area (Å²) in [6.07, 6.45) is 7.79. The van der Waals surface area contributed by atoms with Crippen molar-refractivity contribution in [2.24, 2.45) is 0 Å². The number of pyridine rings is 1. The van der Waals surface area contributed by atoms with E-state index >= 15 is 0 Å². The van der Waals surface area contributed by atoms with E-state index in [1.807, 2.05) is 30.0 Å². The van der Waals surface area contributed by atoms with Crippen LogP contribution in [0.3, 0.4) is 0 Å². The second-order valence-corrected chi connectivity index (χ2v) is 6.50. The zero-order chi connectivity index (χ0) is 17.4. The van der Waals surface area contributed by atoms with Crippen LogP contribution in [0, 0.1) is 0 Å². The van der Waals surface area contributed by atoms with E-state index in [0.717, 1.165) is 12.1 Å². The Kier molecular flexibility index (Phi) is 3.97. The van der Waals surface area contributed by atoms with E-state index in [-0.39, 0.29) is 11.9 Å². The van der Waals surface area contributed by atoms with E-state index in [2.05, 4.69) is 21.1 Å². The van der Waals surface area contributed by atoms with Gasteiger partial charge in [0.25, 0.3) is 5.91 Å². The third-order valence-corrected chi connectivity index (χ3v) is 4.53. The van der Waals surface area contributed by atoms with Crippen LogP contribution in [-0.2, 0) is 0 Å². The summed E-state index contributed by atoms with van der Waals surface area (Å²) in [5.41, 5.74) is 3.10. The van der Waals surface area contributed by atoms with Gasteiger partial charge in [-0.25, -0.2) is 9.50 Å². The molecule has 4 heterocycles. The molecule has 3 aromatic rings. The minimum atomic E-state index is -0.106. The lowest BCUT2D eigenvalue weighted by molar-refractivity contribution is 0.0705. The monoisotopic (exact) mass is 353 g/mol. The zero-order valence-electron chi connectivity index (χ0n) is 13.6. The van der Waals surface area contributed by atoms with Gasteiger partial charge in [0.05, 0.1) is 16.9 Å². The van der Waals surface area contributed by atoms with Crippen molar-refractivity contribution in [2.45, 2.75) is 19.4 Å². The van der Waals surface area contributed by atoms with Crippen LogP contribution in [0.4, 0.5) is 0 Å². The summed E-state index contributed by atoms with van der Waals surface area (Å²) < 4.78 is 1.53. The quantitative estimate of drug-likeness (QED) is 0.710. The maximum absolute atomic E-state index is 12.9. The molecule has 0 N–H and O–H groups in total. The molecule has 0 bridgehead atoms. The molecule has 6 nitrogen and oxygen atoms in total. The van der Waals surface area contributed by atoms with Gasteiger partial charge in [-0.3, -0.25) is 9.78 Å². The molecule has 1 atom stereocenters. The second-order valence-electron chi connectivity index (χ2n) is 6.06. The molecule has 0 fully saturated rings.